The molecule has 1 aliphatic carbocycles. The Bertz CT molecular complexity index is 1490. The predicted molar refractivity (Wildman–Crippen MR) is 135 cm³/mol. The summed E-state index contributed by atoms with van der Waals surface area (Å²) in [5.74, 6) is 0.786. The second-order valence-electron chi connectivity index (χ2n) is 8.26. The van der Waals surface area contributed by atoms with E-state index in [-0.39, 0.29) is 6.04 Å². The molecule has 2 aromatic heterocycles. The molecule has 0 saturated carbocycles. The molecule has 6 nitrogen and oxygen atoms in total. The Balaban J connectivity index is 1.27. The Morgan fingerprint density at radius 2 is 2.06 bits per heavy atom. The number of ether oxygens (including phenoxy) is 1. The van der Waals surface area contributed by atoms with Gasteiger partial charge in [0.05, 0.1) is 51.3 Å². The highest BCUT2D eigenvalue weighted by atomic mass is 79.9. The van der Waals surface area contributed by atoms with E-state index in [0.717, 1.165) is 42.2 Å². The number of aromatic nitrogens is 3. The van der Waals surface area contributed by atoms with Crippen molar-refractivity contribution in [2.24, 2.45) is 0 Å². The zero-order chi connectivity index (χ0) is 22.5. The van der Waals surface area contributed by atoms with Crippen molar-refractivity contribution in [1.29, 1.82) is 0 Å². The van der Waals surface area contributed by atoms with E-state index < -0.39 is 6.10 Å². The first-order chi connectivity index (χ1) is 16.1. The van der Waals surface area contributed by atoms with Crippen molar-refractivity contribution in [3.63, 3.8) is 0 Å². The molecule has 8 heteroatoms. The van der Waals surface area contributed by atoms with Crippen molar-refractivity contribution in [3.8, 4) is 5.75 Å². The van der Waals surface area contributed by atoms with Crippen LogP contribution in [0.25, 0.3) is 21.3 Å². The number of nitrogens with zero attached hydrogens (tertiary/aromatic N) is 3. The molecule has 0 saturated heterocycles. The largest absolute Gasteiger partial charge is 0.495 e. The van der Waals surface area contributed by atoms with Gasteiger partial charge < -0.3 is 19.7 Å². The van der Waals surface area contributed by atoms with E-state index in [9.17, 15) is 5.11 Å². The summed E-state index contributed by atoms with van der Waals surface area (Å²) in [6.07, 6.45) is 2.08. The summed E-state index contributed by atoms with van der Waals surface area (Å²) < 4.78 is 9.58. The smallest absolute Gasteiger partial charge is 0.184 e. The molecule has 0 bridgehead atoms. The summed E-state index contributed by atoms with van der Waals surface area (Å²) in [4.78, 5) is 9.29. The third-order valence-electron chi connectivity index (χ3n) is 6.18. The molecule has 0 amide bonds. The fourth-order valence-electron chi connectivity index (χ4n) is 4.55. The van der Waals surface area contributed by atoms with Crippen LogP contribution < -0.4 is 10.1 Å². The van der Waals surface area contributed by atoms with Crippen LogP contribution in [-0.4, -0.2) is 32.9 Å². The van der Waals surface area contributed by atoms with E-state index in [1.165, 1.54) is 11.1 Å². The summed E-state index contributed by atoms with van der Waals surface area (Å²) >= 11 is 5.14. The fraction of sp³-hybridized carbons (Fsp3) is 0.200. The lowest BCUT2D eigenvalue weighted by Crippen LogP contribution is -2.20. The molecule has 0 radical (unpaired) electrons. The Hall–Kier alpha value is -2.94. The van der Waals surface area contributed by atoms with Crippen molar-refractivity contribution >= 4 is 53.6 Å². The standard InChI is InChI=1S/C25H21BrN4O2S/c1-32-22-11-20-19(10-17(22)26)27-13-30(20)12-14-6-7-18-23(8-14)33-25(28-18)29-24-16-5-3-2-4-15(16)9-21(24)31/h2-8,10-11,13,21,24,31H,9,12H2,1H3,(H,28,29). The summed E-state index contributed by atoms with van der Waals surface area (Å²) in [5, 5.41) is 14.9. The van der Waals surface area contributed by atoms with E-state index in [0.29, 0.717) is 13.0 Å². The van der Waals surface area contributed by atoms with Crippen molar-refractivity contribution in [3.05, 3.63) is 82.1 Å². The Kier molecular flexibility index (Phi) is 5.09. The van der Waals surface area contributed by atoms with Gasteiger partial charge >= 0.3 is 0 Å². The zero-order valence-electron chi connectivity index (χ0n) is 17.8. The van der Waals surface area contributed by atoms with Gasteiger partial charge in [0.1, 0.15) is 5.75 Å². The average Bonchev–Trinajstić information content (AvgIpc) is 3.48. The normalized spacial score (nSPS) is 17.5. The number of halogens is 1. The van der Waals surface area contributed by atoms with Crippen molar-refractivity contribution < 1.29 is 9.84 Å². The minimum Gasteiger partial charge on any atom is -0.495 e. The molecule has 6 rings (SSSR count). The third kappa shape index (κ3) is 3.68. The highest BCUT2D eigenvalue weighted by molar-refractivity contribution is 9.10. The molecular weight excluding hydrogens is 500 g/mol. The number of aliphatic hydroxyl groups excluding tert-OH is 1. The van der Waals surface area contributed by atoms with E-state index in [1.54, 1.807) is 18.4 Å². The number of methoxy groups -OCH3 is 1. The minimum atomic E-state index is -0.448. The molecule has 33 heavy (non-hydrogen) atoms. The Morgan fingerprint density at radius 1 is 1.18 bits per heavy atom. The van der Waals surface area contributed by atoms with Crippen LogP contribution in [0, 0.1) is 0 Å². The SMILES string of the molecule is COc1cc2c(cc1Br)ncn2Cc1ccc2nc(NC3c4ccccc4CC3O)sc2c1. The van der Waals surface area contributed by atoms with Gasteiger partial charge in [-0.15, -0.1) is 0 Å². The van der Waals surface area contributed by atoms with Gasteiger partial charge in [-0.3, -0.25) is 0 Å². The number of rotatable bonds is 5. The molecular formula is C25H21BrN4O2S. The van der Waals surface area contributed by atoms with Crippen LogP contribution in [0.15, 0.2) is 65.4 Å². The maximum Gasteiger partial charge on any atom is 0.184 e. The Morgan fingerprint density at radius 3 is 2.94 bits per heavy atom. The zero-order valence-corrected chi connectivity index (χ0v) is 20.2. The molecule has 2 heterocycles. The van der Waals surface area contributed by atoms with Crippen LogP contribution >= 0.6 is 27.3 Å². The number of hydrogen-bond donors (Lipinski definition) is 2. The molecule has 0 fully saturated rings. The lowest BCUT2D eigenvalue weighted by Gasteiger charge is -2.16. The number of fused-ring (bicyclic) bond motifs is 3. The minimum absolute atomic E-state index is 0.132. The van der Waals surface area contributed by atoms with Gasteiger partial charge in [0.2, 0.25) is 0 Å². The van der Waals surface area contributed by atoms with Gasteiger partial charge in [-0.25, -0.2) is 9.97 Å². The van der Waals surface area contributed by atoms with Gasteiger partial charge in [0, 0.05) is 19.0 Å². The molecule has 5 aromatic rings. The Labute approximate surface area is 203 Å². The average molecular weight is 521 g/mol. The predicted octanol–water partition coefficient (Wildman–Crippen LogP) is 5.54. The number of nitrogens with one attached hydrogen (secondary N) is 1. The van der Waals surface area contributed by atoms with E-state index in [1.807, 2.05) is 30.6 Å². The summed E-state index contributed by atoms with van der Waals surface area (Å²) in [6.45, 7) is 0.701. The molecule has 2 N–H and O–H groups in total. The summed E-state index contributed by atoms with van der Waals surface area (Å²) in [5.41, 5.74) is 6.42. The van der Waals surface area contributed by atoms with Crippen LogP contribution in [0.3, 0.4) is 0 Å². The second kappa shape index (κ2) is 8.13. The van der Waals surface area contributed by atoms with E-state index in [2.05, 4.69) is 61.1 Å². The summed E-state index contributed by atoms with van der Waals surface area (Å²) in [6, 6.07) is 18.4. The number of hydrogen-bond acceptors (Lipinski definition) is 6. The van der Waals surface area contributed by atoms with Gasteiger partial charge in [-0.1, -0.05) is 41.7 Å². The van der Waals surface area contributed by atoms with Crippen LogP contribution in [0.5, 0.6) is 5.75 Å². The first-order valence-electron chi connectivity index (χ1n) is 10.7. The quantitative estimate of drug-likeness (QED) is 0.318. The number of anilines is 1. The van der Waals surface area contributed by atoms with Gasteiger partial charge in [0.15, 0.2) is 5.13 Å². The third-order valence-corrected chi connectivity index (χ3v) is 7.75. The van der Waals surface area contributed by atoms with E-state index in [4.69, 9.17) is 9.72 Å². The monoisotopic (exact) mass is 520 g/mol. The topological polar surface area (TPSA) is 72.2 Å². The highest BCUT2D eigenvalue weighted by Crippen LogP contribution is 2.37. The van der Waals surface area contributed by atoms with Crippen LogP contribution in [0.1, 0.15) is 22.7 Å². The molecule has 0 spiro atoms. The molecule has 2 unspecified atom stereocenters. The second-order valence-corrected chi connectivity index (χ2v) is 10.1. The van der Waals surface area contributed by atoms with E-state index >= 15 is 0 Å². The van der Waals surface area contributed by atoms with Crippen LogP contribution in [0.4, 0.5) is 5.13 Å². The maximum absolute atomic E-state index is 10.6. The van der Waals surface area contributed by atoms with Crippen molar-refractivity contribution in [2.75, 3.05) is 12.4 Å². The lowest BCUT2D eigenvalue weighted by atomic mass is 10.1. The number of aliphatic hydroxyl groups is 1. The first-order valence-corrected chi connectivity index (χ1v) is 12.3. The van der Waals surface area contributed by atoms with Gasteiger partial charge in [-0.05, 0) is 50.8 Å². The lowest BCUT2D eigenvalue weighted by molar-refractivity contribution is 0.166. The molecule has 0 aliphatic heterocycles. The number of benzene rings is 3. The van der Waals surface area contributed by atoms with Crippen molar-refractivity contribution in [1.82, 2.24) is 14.5 Å². The van der Waals surface area contributed by atoms with Crippen molar-refractivity contribution in [2.45, 2.75) is 25.1 Å². The molecule has 166 valence electrons. The van der Waals surface area contributed by atoms with Crippen LogP contribution in [0.2, 0.25) is 0 Å². The molecule has 1 aliphatic rings. The number of imidazole rings is 1. The molecule has 2 atom stereocenters. The first kappa shape index (κ1) is 20.7. The van der Waals surface area contributed by atoms with Crippen LogP contribution in [-0.2, 0) is 13.0 Å². The van der Waals surface area contributed by atoms with Gasteiger partial charge in [0.25, 0.3) is 0 Å². The maximum atomic E-state index is 10.6. The number of thiazole rings is 1. The van der Waals surface area contributed by atoms with Gasteiger partial charge in [-0.2, -0.15) is 0 Å². The molecule has 3 aromatic carbocycles. The highest BCUT2D eigenvalue weighted by Gasteiger charge is 2.31. The summed E-state index contributed by atoms with van der Waals surface area (Å²) in [7, 11) is 1.67. The fourth-order valence-corrected chi connectivity index (χ4v) is 6.01.